The molecule has 1 aliphatic heterocycles. The fourth-order valence-electron chi connectivity index (χ4n) is 2.02. The first-order chi connectivity index (χ1) is 7.27. The van der Waals surface area contributed by atoms with Crippen LogP contribution in [0.3, 0.4) is 0 Å². The van der Waals surface area contributed by atoms with E-state index in [1.165, 1.54) is 0 Å². The van der Waals surface area contributed by atoms with Crippen molar-refractivity contribution in [3.05, 3.63) is 35.5 Å². The van der Waals surface area contributed by atoms with Gasteiger partial charge < -0.3 is 11.1 Å². The van der Waals surface area contributed by atoms with Crippen LogP contribution in [0.2, 0.25) is 0 Å². The monoisotopic (exact) mass is 199 g/mol. The van der Waals surface area contributed by atoms with E-state index >= 15 is 0 Å². The standard InChI is InChI=1S/C11H9N3O/c12-11(15)7-2-1-6-5-14-8-3-4-13-10(7)9(6)8/h1-4,14H,5H2,(H2,12,15). The Morgan fingerprint density at radius 2 is 2.27 bits per heavy atom. The van der Waals surface area contributed by atoms with Crippen LogP contribution in [-0.4, -0.2) is 10.9 Å². The number of hydrogen-bond acceptors (Lipinski definition) is 3. The molecule has 74 valence electrons. The minimum atomic E-state index is -0.432. The van der Waals surface area contributed by atoms with E-state index in [2.05, 4.69) is 10.3 Å². The Kier molecular flexibility index (Phi) is 1.48. The Morgan fingerprint density at radius 1 is 1.40 bits per heavy atom. The lowest BCUT2D eigenvalue weighted by molar-refractivity contribution is 0.100. The molecule has 0 unspecified atom stereocenters. The summed E-state index contributed by atoms with van der Waals surface area (Å²) in [5.74, 6) is -0.432. The number of carbonyl (C=O) groups excluding carboxylic acids is 1. The molecule has 15 heavy (non-hydrogen) atoms. The van der Waals surface area contributed by atoms with Crippen molar-refractivity contribution in [1.82, 2.24) is 4.98 Å². The van der Waals surface area contributed by atoms with Crippen molar-refractivity contribution in [2.75, 3.05) is 5.32 Å². The van der Waals surface area contributed by atoms with Gasteiger partial charge in [-0.3, -0.25) is 9.78 Å². The summed E-state index contributed by atoms with van der Waals surface area (Å²) in [6.45, 7) is 0.788. The molecule has 0 bridgehead atoms. The summed E-state index contributed by atoms with van der Waals surface area (Å²) in [5, 5.41) is 4.27. The van der Waals surface area contributed by atoms with Crippen molar-refractivity contribution in [3.8, 4) is 0 Å². The fourth-order valence-corrected chi connectivity index (χ4v) is 2.02. The van der Waals surface area contributed by atoms with Gasteiger partial charge in [-0.15, -0.1) is 0 Å². The molecular weight excluding hydrogens is 190 g/mol. The maximum atomic E-state index is 11.2. The highest BCUT2D eigenvalue weighted by Gasteiger charge is 2.17. The summed E-state index contributed by atoms with van der Waals surface area (Å²) in [6, 6.07) is 5.57. The van der Waals surface area contributed by atoms with Crippen LogP contribution < -0.4 is 11.1 Å². The summed E-state index contributed by atoms with van der Waals surface area (Å²) in [6.07, 6.45) is 1.69. The summed E-state index contributed by atoms with van der Waals surface area (Å²) in [4.78, 5) is 15.4. The van der Waals surface area contributed by atoms with Gasteiger partial charge in [-0.05, 0) is 17.7 Å². The highest BCUT2D eigenvalue weighted by molar-refractivity contribution is 6.09. The fraction of sp³-hybridized carbons (Fsp3) is 0.0909. The smallest absolute Gasteiger partial charge is 0.250 e. The van der Waals surface area contributed by atoms with Gasteiger partial charge in [0.05, 0.1) is 11.1 Å². The zero-order valence-electron chi connectivity index (χ0n) is 7.95. The summed E-state index contributed by atoms with van der Waals surface area (Å²) in [7, 11) is 0. The molecular formula is C11H9N3O. The van der Waals surface area contributed by atoms with Gasteiger partial charge in [0.2, 0.25) is 0 Å². The lowest BCUT2D eigenvalue weighted by atomic mass is 10.0. The van der Waals surface area contributed by atoms with E-state index in [4.69, 9.17) is 5.73 Å². The normalized spacial score (nSPS) is 12.8. The van der Waals surface area contributed by atoms with E-state index in [1.807, 2.05) is 12.1 Å². The first kappa shape index (κ1) is 8.23. The summed E-state index contributed by atoms with van der Waals surface area (Å²) < 4.78 is 0. The van der Waals surface area contributed by atoms with Crippen LogP contribution in [0.15, 0.2) is 24.4 Å². The predicted molar refractivity (Wildman–Crippen MR) is 57.6 cm³/mol. The average Bonchev–Trinajstić information content (AvgIpc) is 2.64. The number of aromatic nitrogens is 1. The predicted octanol–water partition coefficient (Wildman–Crippen LogP) is 1.26. The van der Waals surface area contributed by atoms with Gasteiger partial charge in [0, 0.05) is 23.8 Å². The number of nitrogens with two attached hydrogens (primary N) is 1. The lowest BCUT2D eigenvalue weighted by Crippen LogP contribution is -2.11. The zero-order valence-corrected chi connectivity index (χ0v) is 7.95. The Balaban J connectivity index is 2.48. The molecule has 0 saturated heterocycles. The van der Waals surface area contributed by atoms with Crippen molar-refractivity contribution in [3.63, 3.8) is 0 Å². The maximum Gasteiger partial charge on any atom is 0.250 e. The van der Waals surface area contributed by atoms with Crippen molar-refractivity contribution >= 4 is 22.5 Å². The van der Waals surface area contributed by atoms with Gasteiger partial charge in [0.25, 0.3) is 5.91 Å². The van der Waals surface area contributed by atoms with Crippen LogP contribution in [0.4, 0.5) is 5.69 Å². The molecule has 0 radical (unpaired) electrons. The van der Waals surface area contributed by atoms with Gasteiger partial charge in [0.1, 0.15) is 0 Å². The molecule has 0 saturated carbocycles. The van der Waals surface area contributed by atoms with Crippen LogP contribution in [0.1, 0.15) is 15.9 Å². The quantitative estimate of drug-likeness (QED) is 0.726. The van der Waals surface area contributed by atoms with Crippen molar-refractivity contribution in [1.29, 1.82) is 0 Å². The molecule has 3 rings (SSSR count). The third-order valence-electron chi connectivity index (χ3n) is 2.71. The molecule has 4 heteroatoms. The molecule has 2 heterocycles. The van der Waals surface area contributed by atoms with Crippen LogP contribution >= 0.6 is 0 Å². The molecule has 1 aromatic heterocycles. The first-order valence-corrected chi connectivity index (χ1v) is 4.71. The molecule has 1 amide bonds. The van der Waals surface area contributed by atoms with Crippen LogP contribution in [-0.2, 0) is 6.54 Å². The van der Waals surface area contributed by atoms with E-state index in [0.29, 0.717) is 11.1 Å². The van der Waals surface area contributed by atoms with Crippen molar-refractivity contribution in [2.24, 2.45) is 5.73 Å². The number of pyridine rings is 1. The highest BCUT2D eigenvalue weighted by Crippen LogP contribution is 2.32. The molecule has 0 aliphatic carbocycles. The number of primary amides is 1. The number of benzene rings is 1. The van der Waals surface area contributed by atoms with E-state index in [9.17, 15) is 4.79 Å². The molecule has 4 nitrogen and oxygen atoms in total. The van der Waals surface area contributed by atoms with Crippen molar-refractivity contribution in [2.45, 2.75) is 6.54 Å². The van der Waals surface area contributed by atoms with Gasteiger partial charge in [-0.25, -0.2) is 0 Å². The SMILES string of the molecule is NC(=O)c1ccc2c3c(ccnc13)NC2. The summed E-state index contributed by atoms with van der Waals surface area (Å²) >= 11 is 0. The Hall–Kier alpha value is -2.10. The number of amides is 1. The zero-order chi connectivity index (χ0) is 10.4. The molecule has 0 atom stereocenters. The van der Waals surface area contributed by atoms with E-state index in [1.54, 1.807) is 12.3 Å². The third-order valence-corrected chi connectivity index (χ3v) is 2.71. The largest absolute Gasteiger partial charge is 0.380 e. The van der Waals surface area contributed by atoms with Crippen LogP contribution in [0.25, 0.3) is 10.9 Å². The number of rotatable bonds is 1. The molecule has 3 N–H and O–H groups in total. The van der Waals surface area contributed by atoms with E-state index < -0.39 is 5.91 Å². The second-order valence-corrected chi connectivity index (χ2v) is 3.57. The Bertz CT molecular complexity index is 567. The molecule has 0 spiro atoms. The Morgan fingerprint density at radius 3 is 3.07 bits per heavy atom. The molecule has 1 aliphatic rings. The maximum absolute atomic E-state index is 11.2. The van der Waals surface area contributed by atoms with Crippen molar-refractivity contribution < 1.29 is 4.79 Å². The topological polar surface area (TPSA) is 68.0 Å². The number of carbonyl (C=O) groups is 1. The lowest BCUT2D eigenvalue weighted by Gasteiger charge is -2.03. The molecule has 1 aromatic carbocycles. The number of hydrogen-bond donors (Lipinski definition) is 2. The minimum Gasteiger partial charge on any atom is -0.380 e. The average molecular weight is 199 g/mol. The minimum absolute atomic E-state index is 0.432. The molecule has 0 fully saturated rings. The highest BCUT2D eigenvalue weighted by atomic mass is 16.1. The number of nitrogens with zero attached hydrogens (tertiary/aromatic N) is 1. The van der Waals surface area contributed by atoms with E-state index in [-0.39, 0.29) is 0 Å². The second kappa shape index (κ2) is 2.70. The third kappa shape index (κ3) is 1.01. The van der Waals surface area contributed by atoms with Crippen LogP contribution in [0, 0.1) is 0 Å². The van der Waals surface area contributed by atoms with Crippen LogP contribution in [0.5, 0.6) is 0 Å². The molecule has 2 aromatic rings. The first-order valence-electron chi connectivity index (χ1n) is 4.71. The van der Waals surface area contributed by atoms with Gasteiger partial charge in [-0.2, -0.15) is 0 Å². The van der Waals surface area contributed by atoms with Gasteiger partial charge in [0.15, 0.2) is 0 Å². The van der Waals surface area contributed by atoms with E-state index in [0.717, 1.165) is 23.2 Å². The van der Waals surface area contributed by atoms with Gasteiger partial charge >= 0.3 is 0 Å². The number of anilines is 1. The summed E-state index contributed by atoms with van der Waals surface area (Å²) in [5.41, 5.74) is 8.67. The Labute approximate surface area is 86.1 Å². The number of nitrogens with one attached hydrogen (secondary N) is 1. The van der Waals surface area contributed by atoms with Gasteiger partial charge in [-0.1, -0.05) is 6.07 Å². The second-order valence-electron chi connectivity index (χ2n) is 3.57.